The minimum Gasteiger partial charge on any atom is -0.381 e. The van der Waals surface area contributed by atoms with Gasteiger partial charge in [0.05, 0.1) is 17.1 Å². The number of ketones is 1. The highest BCUT2D eigenvalue weighted by atomic mass is 16.5. The number of hydrogen-bond donors (Lipinski definition) is 2. The van der Waals surface area contributed by atoms with E-state index in [2.05, 4.69) is 25.3 Å². The number of hydrogen-bond acceptors (Lipinski definition) is 6. The Kier molecular flexibility index (Phi) is 5.89. The van der Waals surface area contributed by atoms with Gasteiger partial charge in [-0.2, -0.15) is 0 Å². The highest BCUT2D eigenvalue weighted by Crippen LogP contribution is 2.26. The van der Waals surface area contributed by atoms with Gasteiger partial charge >= 0.3 is 0 Å². The summed E-state index contributed by atoms with van der Waals surface area (Å²) in [7, 11) is 0. The summed E-state index contributed by atoms with van der Waals surface area (Å²) in [5, 5.41) is 4.23. The maximum Gasteiger partial charge on any atom is 0.227 e. The molecule has 7 heteroatoms. The lowest BCUT2D eigenvalue weighted by molar-refractivity contribution is 0.0948. The van der Waals surface area contributed by atoms with Gasteiger partial charge in [-0.15, -0.1) is 0 Å². The summed E-state index contributed by atoms with van der Waals surface area (Å²) in [5.41, 5.74) is 4.00. The number of nitrogens with one attached hydrogen (secondary N) is 2. The number of aromatic nitrogens is 4. The fourth-order valence-electron chi connectivity index (χ4n) is 4.11. The van der Waals surface area contributed by atoms with Gasteiger partial charge in [-0.25, -0.2) is 9.97 Å². The minimum atomic E-state index is 0.161. The first kappa shape index (κ1) is 20.3. The molecule has 4 aromatic rings. The zero-order valence-corrected chi connectivity index (χ0v) is 17.8. The third-order valence-electron chi connectivity index (χ3n) is 5.81. The summed E-state index contributed by atoms with van der Waals surface area (Å²) in [5.74, 6) is 1.06. The molecule has 1 aliphatic heterocycles. The van der Waals surface area contributed by atoms with Crippen molar-refractivity contribution in [3.05, 3.63) is 66.6 Å². The highest BCUT2D eigenvalue weighted by molar-refractivity contribution is 6.00. The van der Waals surface area contributed by atoms with Crippen LogP contribution in [0.4, 0.5) is 11.6 Å². The summed E-state index contributed by atoms with van der Waals surface area (Å²) in [6, 6.07) is 15.4. The normalized spacial score (nSPS) is 16.6. The Hall–Kier alpha value is -3.58. The molecule has 0 saturated carbocycles. The average molecular weight is 428 g/mol. The monoisotopic (exact) mass is 427 g/mol. The van der Waals surface area contributed by atoms with Crippen LogP contribution in [0.2, 0.25) is 0 Å². The van der Waals surface area contributed by atoms with E-state index in [0.29, 0.717) is 24.0 Å². The van der Waals surface area contributed by atoms with E-state index in [1.54, 1.807) is 12.4 Å². The molecule has 0 radical (unpaired) electrons. The standard InChI is InChI=1S/C25H25N5O2/c31-24(14-17-4-3-12-32-13-9-17)23-16-18-15-19(6-7-20(18)29-23)28-25-27-11-8-22(30-25)21-5-1-2-10-26-21/h1-2,5-8,10-11,15-17,29H,3-4,9,12-14H2,(H,27,28,30). The van der Waals surface area contributed by atoms with E-state index >= 15 is 0 Å². The minimum absolute atomic E-state index is 0.161. The van der Waals surface area contributed by atoms with Crippen LogP contribution < -0.4 is 5.32 Å². The quantitative estimate of drug-likeness (QED) is 0.413. The number of rotatable bonds is 6. The lowest BCUT2D eigenvalue weighted by Crippen LogP contribution is -2.09. The molecule has 1 fully saturated rings. The summed E-state index contributed by atoms with van der Waals surface area (Å²) in [4.78, 5) is 29.3. The molecule has 0 aliphatic carbocycles. The average Bonchev–Trinajstić information content (AvgIpc) is 3.09. The number of nitrogens with zero attached hydrogens (tertiary/aromatic N) is 3. The molecule has 0 bridgehead atoms. The second-order valence-corrected chi connectivity index (χ2v) is 8.13. The Morgan fingerprint density at radius 3 is 2.91 bits per heavy atom. The van der Waals surface area contributed by atoms with Crippen molar-refractivity contribution < 1.29 is 9.53 Å². The number of aromatic amines is 1. The van der Waals surface area contributed by atoms with Gasteiger partial charge in [0.1, 0.15) is 0 Å². The van der Waals surface area contributed by atoms with Crippen LogP contribution >= 0.6 is 0 Å². The Morgan fingerprint density at radius 1 is 1.03 bits per heavy atom. The van der Waals surface area contributed by atoms with Gasteiger partial charge in [0.25, 0.3) is 0 Å². The highest BCUT2D eigenvalue weighted by Gasteiger charge is 2.19. The SMILES string of the molecule is O=C(CC1CCCOCC1)c1cc2cc(Nc3nccc(-c4ccccn4)n3)ccc2[nH]1. The molecule has 3 aromatic heterocycles. The van der Waals surface area contributed by atoms with Crippen LogP contribution in [0.1, 0.15) is 36.2 Å². The maximum atomic E-state index is 12.8. The van der Waals surface area contributed by atoms with Crippen molar-refractivity contribution in [2.45, 2.75) is 25.7 Å². The van der Waals surface area contributed by atoms with Gasteiger partial charge in [-0.05, 0) is 67.6 Å². The van der Waals surface area contributed by atoms with E-state index in [0.717, 1.165) is 60.5 Å². The lowest BCUT2D eigenvalue weighted by atomic mass is 9.94. The first-order valence-electron chi connectivity index (χ1n) is 11.0. The zero-order chi connectivity index (χ0) is 21.8. The molecule has 4 heterocycles. The van der Waals surface area contributed by atoms with Gasteiger partial charge in [0.15, 0.2) is 5.78 Å². The first-order valence-corrected chi connectivity index (χ1v) is 11.0. The number of anilines is 2. The van der Waals surface area contributed by atoms with Crippen molar-refractivity contribution in [2.24, 2.45) is 5.92 Å². The van der Waals surface area contributed by atoms with E-state index < -0.39 is 0 Å². The topological polar surface area (TPSA) is 92.8 Å². The number of fused-ring (bicyclic) bond motifs is 1. The predicted molar refractivity (Wildman–Crippen MR) is 124 cm³/mol. The third-order valence-corrected chi connectivity index (χ3v) is 5.81. The number of ether oxygens (including phenoxy) is 1. The van der Waals surface area contributed by atoms with Crippen LogP contribution in [0, 0.1) is 5.92 Å². The van der Waals surface area contributed by atoms with Gasteiger partial charge < -0.3 is 15.0 Å². The van der Waals surface area contributed by atoms with Crippen LogP contribution in [0.25, 0.3) is 22.3 Å². The van der Waals surface area contributed by atoms with Crippen molar-refractivity contribution >= 4 is 28.3 Å². The van der Waals surface area contributed by atoms with Crippen LogP contribution in [0.5, 0.6) is 0 Å². The molecule has 2 N–H and O–H groups in total. The smallest absolute Gasteiger partial charge is 0.227 e. The summed E-state index contributed by atoms with van der Waals surface area (Å²) < 4.78 is 5.51. The van der Waals surface area contributed by atoms with Crippen LogP contribution in [0.15, 0.2) is 60.9 Å². The number of carbonyl (C=O) groups excluding carboxylic acids is 1. The fourth-order valence-corrected chi connectivity index (χ4v) is 4.11. The molecule has 0 amide bonds. The largest absolute Gasteiger partial charge is 0.381 e. The number of Topliss-reactive ketones (excluding diaryl/α,β-unsaturated/α-hetero) is 1. The lowest BCUT2D eigenvalue weighted by Gasteiger charge is -2.11. The number of carbonyl (C=O) groups is 1. The number of benzene rings is 1. The van der Waals surface area contributed by atoms with E-state index in [4.69, 9.17) is 4.74 Å². The number of H-pyrrole nitrogens is 1. The Bertz CT molecular complexity index is 1210. The fraction of sp³-hybridized carbons (Fsp3) is 0.280. The van der Waals surface area contributed by atoms with Crippen molar-refractivity contribution in [1.29, 1.82) is 0 Å². The van der Waals surface area contributed by atoms with E-state index in [-0.39, 0.29) is 5.78 Å². The Balaban J connectivity index is 1.31. The molecule has 0 spiro atoms. The van der Waals surface area contributed by atoms with Crippen LogP contribution in [0.3, 0.4) is 0 Å². The molecular weight excluding hydrogens is 402 g/mol. The van der Waals surface area contributed by atoms with Gasteiger partial charge in [-0.1, -0.05) is 6.07 Å². The van der Waals surface area contributed by atoms with Crippen LogP contribution in [-0.2, 0) is 4.74 Å². The summed E-state index contributed by atoms with van der Waals surface area (Å²) in [6.07, 6.45) is 7.06. The van der Waals surface area contributed by atoms with Crippen molar-refractivity contribution in [3.63, 3.8) is 0 Å². The van der Waals surface area contributed by atoms with E-state index in [9.17, 15) is 4.79 Å². The summed E-state index contributed by atoms with van der Waals surface area (Å²) >= 11 is 0. The molecule has 162 valence electrons. The maximum absolute atomic E-state index is 12.8. The van der Waals surface area contributed by atoms with Crippen LogP contribution in [-0.4, -0.2) is 38.9 Å². The van der Waals surface area contributed by atoms with Crippen molar-refractivity contribution in [1.82, 2.24) is 19.9 Å². The molecule has 1 saturated heterocycles. The van der Waals surface area contributed by atoms with Gasteiger partial charge in [0, 0.05) is 48.6 Å². The molecule has 32 heavy (non-hydrogen) atoms. The van der Waals surface area contributed by atoms with E-state index in [1.807, 2.05) is 48.5 Å². The van der Waals surface area contributed by atoms with Crippen molar-refractivity contribution in [2.75, 3.05) is 18.5 Å². The molecule has 7 nitrogen and oxygen atoms in total. The second-order valence-electron chi connectivity index (χ2n) is 8.13. The second kappa shape index (κ2) is 9.28. The molecule has 1 unspecified atom stereocenters. The van der Waals surface area contributed by atoms with Gasteiger partial charge in [-0.3, -0.25) is 9.78 Å². The molecule has 1 aromatic carbocycles. The van der Waals surface area contributed by atoms with Crippen molar-refractivity contribution in [3.8, 4) is 11.4 Å². The predicted octanol–water partition coefficient (Wildman–Crippen LogP) is 5.15. The zero-order valence-electron chi connectivity index (χ0n) is 17.8. The first-order chi connectivity index (χ1) is 15.7. The molecular formula is C25H25N5O2. The molecule has 1 aliphatic rings. The van der Waals surface area contributed by atoms with E-state index in [1.165, 1.54) is 0 Å². The van der Waals surface area contributed by atoms with Gasteiger partial charge in [0.2, 0.25) is 5.95 Å². The molecule has 1 atom stereocenters. The summed E-state index contributed by atoms with van der Waals surface area (Å²) in [6.45, 7) is 1.56. The molecule has 5 rings (SSSR count). The third kappa shape index (κ3) is 4.68. The number of pyridine rings is 1. The Morgan fingerprint density at radius 2 is 2.00 bits per heavy atom. The Labute approximate surface area is 186 Å².